The summed E-state index contributed by atoms with van der Waals surface area (Å²) in [5.74, 6) is -3.26. The number of alkyl halides is 3. The molecule has 0 bridgehead atoms. The molecule has 162 valence electrons. The zero-order valence-electron chi connectivity index (χ0n) is 16.3. The largest absolute Gasteiger partial charge is 0.416 e. The highest BCUT2D eigenvalue weighted by molar-refractivity contribution is 6.37. The molecule has 0 radical (unpaired) electrons. The molecule has 1 amide bonds. The van der Waals surface area contributed by atoms with E-state index in [1.165, 1.54) is 19.2 Å². The number of halogens is 3. The standard InChI is InChI=1S/C20H13F3N6O3/c1-11-7-25-15(6-13(11)20(21,22)23)28-18(30)19(31)32-17-3-2-12(8-27-17)14-9-26-16-10-24-4-5-29(14)16/h2-10H,1H3,(H,25,28,30). The molecule has 12 heteroatoms. The first-order valence-corrected chi connectivity index (χ1v) is 9.03. The Morgan fingerprint density at radius 2 is 1.88 bits per heavy atom. The summed E-state index contributed by atoms with van der Waals surface area (Å²) in [6.07, 6.45) is 4.27. The molecule has 0 spiro atoms. The van der Waals surface area contributed by atoms with Crippen molar-refractivity contribution in [3.8, 4) is 17.1 Å². The van der Waals surface area contributed by atoms with Gasteiger partial charge in [0.15, 0.2) is 5.65 Å². The normalized spacial score (nSPS) is 11.4. The van der Waals surface area contributed by atoms with Gasteiger partial charge in [-0.2, -0.15) is 13.2 Å². The van der Waals surface area contributed by atoms with E-state index in [9.17, 15) is 22.8 Å². The number of esters is 1. The second kappa shape index (κ2) is 8.06. The summed E-state index contributed by atoms with van der Waals surface area (Å²) < 4.78 is 45.6. The third-order valence-electron chi connectivity index (χ3n) is 4.38. The fourth-order valence-corrected chi connectivity index (χ4v) is 2.85. The second-order valence-electron chi connectivity index (χ2n) is 6.56. The Bertz CT molecular complexity index is 1320. The number of hydrogen-bond acceptors (Lipinski definition) is 7. The molecule has 0 aliphatic rings. The number of nitrogens with zero attached hydrogens (tertiary/aromatic N) is 5. The zero-order valence-corrected chi connectivity index (χ0v) is 16.3. The van der Waals surface area contributed by atoms with Crippen LogP contribution in [0.25, 0.3) is 16.9 Å². The average Bonchev–Trinajstić information content (AvgIpc) is 3.19. The molecule has 0 fully saturated rings. The first-order valence-electron chi connectivity index (χ1n) is 9.03. The van der Waals surface area contributed by atoms with E-state index in [2.05, 4.69) is 19.9 Å². The number of aromatic nitrogens is 5. The van der Waals surface area contributed by atoms with Gasteiger partial charge in [-0.1, -0.05) is 0 Å². The van der Waals surface area contributed by atoms with E-state index in [0.717, 1.165) is 11.9 Å². The van der Waals surface area contributed by atoms with Crippen molar-refractivity contribution in [2.24, 2.45) is 0 Å². The number of amides is 1. The van der Waals surface area contributed by atoms with Crippen LogP contribution in [0.5, 0.6) is 5.88 Å². The van der Waals surface area contributed by atoms with Crippen LogP contribution in [0.3, 0.4) is 0 Å². The molecule has 0 aromatic carbocycles. The van der Waals surface area contributed by atoms with Gasteiger partial charge >= 0.3 is 18.1 Å². The predicted molar refractivity (Wildman–Crippen MR) is 104 cm³/mol. The third-order valence-corrected chi connectivity index (χ3v) is 4.38. The minimum atomic E-state index is -4.63. The summed E-state index contributed by atoms with van der Waals surface area (Å²) in [7, 11) is 0. The number of ether oxygens (including phenoxy) is 1. The van der Waals surface area contributed by atoms with Gasteiger partial charge < -0.3 is 10.1 Å². The van der Waals surface area contributed by atoms with Crippen molar-refractivity contribution in [1.29, 1.82) is 0 Å². The van der Waals surface area contributed by atoms with Gasteiger partial charge in [0, 0.05) is 36.4 Å². The topological polar surface area (TPSA) is 111 Å². The van der Waals surface area contributed by atoms with Gasteiger partial charge in [0.05, 0.1) is 23.7 Å². The van der Waals surface area contributed by atoms with Crippen molar-refractivity contribution in [3.63, 3.8) is 0 Å². The van der Waals surface area contributed by atoms with Crippen molar-refractivity contribution >= 4 is 23.3 Å². The highest BCUT2D eigenvalue weighted by Gasteiger charge is 2.33. The molecule has 4 rings (SSSR count). The van der Waals surface area contributed by atoms with Crippen LogP contribution >= 0.6 is 0 Å². The summed E-state index contributed by atoms with van der Waals surface area (Å²) in [6.45, 7) is 1.23. The third kappa shape index (κ3) is 4.24. The summed E-state index contributed by atoms with van der Waals surface area (Å²) >= 11 is 0. The Labute approximate surface area is 177 Å². The van der Waals surface area contributed by atoms with E-state index in [4.69, 9.17) is 4.74 Å². The number of aryl methyl sites for hydroxylation is 1. The predicted octanol–water partition coefficient (Wildman–Crippen LogP) is 3.06. The average molecular weight is 442 g/mol. The number of carbonyl (C=O) groups excluding carboxylic acids is 2. The number of nitrogens with one attached hydrogen (secondary N) is 1. The number of fused-ring (bicyclic) bond motifs is 1. The molecular weight excluding hydrogens is 429 g/mol. The molecule has 0 aliphatic heterocycles. The first kappa shape index (κ1) is 20.9. The zero-order chi connectivity index (χ0) is 22.9. The number of pyridine rings is 2. The Kier molecular flexibility index (Phi) is 5.26. The van der Waals surface area contributed by atoms with E-state index in [0.29, 0.717) is 17.3 Å². The van der Waals surface area contributed by atoms with E-state index in [1.807, 2.05) is 5.32 Å². The van der Waals surface area contributed by atoms with Gasteiger partial charge in [0.25, 0.3) is 0 Å². The molecule has 4 aromatic rings. The first-order chi connectivity index (χ1) is 15.2. The van der Waals surface area contributed by atoms with Crippen LogP contribution in [0.15, 0.2) is 55.4 Å². The van der Waals surface area contributed by atoms with Crippen LogP contribution in [0.2, 0.25) is 0 Å². The van der Waals surface area contributed by atoms with Crippen LogP contribution in [-0.2, 0) is 15.8 Å². The minimum Gasteiger partial charge on any atom is -0.400 e. The smallest absolute Gasteiger partial charge is 0.400 e. The number of rotatable bonds is 3. The number of hydrogen-bond donors (Lipinski definition) is 1. The lowest BCUT2D eigenvalue weighted by Crippen LogP contribution is -2.28. The van der Waals surface area contributed by atoms with E-state index in [1.54, 1.807) is 35.3 Å². The van der Waals surface area contributed by atoms with Crippen LogP contribution in [0.1, 0.15) is 11.1 Å². The van der Waals surface area contributed by atoms with Gasteiger partial charge in [-0.05, 0) is 24.6 Å². The van der Waals surface area contributed by atoms with Crippen molar-refractivity contribution < 1.29 is 27.5 Å². The lowest BCUT2D eigenvalue weighted by atomic mass is 10.1. The minimum absolute atomic E-state index is 0.121. The van der Waals surface area contributed by atoms with Crippen molar-refractivity contribution in [2.45, 2.75) is 13.1 Å². The van der Waals surface area contributed by atoms with Crippen molar-refractivity contribution in [2.75, 3.05) is 5.32 Å². The molecule has 1 N–H and O–H groups in total. The van der Waals surface area contributed by atoms with Crippen LogP contribution in [0.4, 0.5) is 19.0 Å². The fourth-order valence-electron chi connectivity index (χ4n) is 2.85. The lowest BCUT2D eigenvalue weighted by Gasteiger charge is -2.11. The number of anilines is 1. The molecular formula is C20H13F3N6O3. The van der Waals surface area contributed by atoms with Crippen LogP contribution < -0.4 is 10.1 Å². The van der Waals surface area contributed by atoms with E-state index in [-0.39, 0.29) is 11.4 Å². The Morgan fingerprint density at radius 3 is 2.59 bits per heavy atom. The van der Waals surface area contributed by atoms with Crippen molar-refractivity contribution in [3.05, 3.63) is 66.5 Å². The molecule has 0 atom stereocenters. The summed E-state index contributed by atoms with van der Waals surface area (Å²) in [4.78, 5) is 39.9. The molecule has 0 saturated heterocycles. The molecule has 0 unspecified atom stereocenters. The Balaban J connectivity index is 1.44. The second-order valence-corrected chi connectivity index (χ2v) is 6.56. The fraction of sp³-hybridized carbons (Fsp3) is 0.100. The van der Waals surface area contributed by atoms with Gasteiger partial charge in [-0.15, -0.1) is 0 Å². The number of imidazole rings is 1. The van der Waals surface area contributed by atoms with Gasteiger partial charge in [-0.25, -0.2) is 19.7 Å². The van der Waals surface area contributed by atoms with Crippen molar-refractivity contribution in [1.82, 2.24) is 24.3 Å². The van der Waals surface area contributed by atoms with Crippen LogP contribution in [0, 0.1) is 6.92 Å². The van der Waals surface area contributed by atoms with E-state index >= 15 is 0 Å². The summed E-state index contributed by atoms with van der Waals surface area (Å²) in [5, 5.41) is 1.99. The van der Waals surface area contributed by atoms with Gasteiger partial charge in [-0.3, -0.25) is 14.2 Å². The summed E-state index contributed by atoms with van der Waals surface area (Å²) in [6, 6.07) is 3.61. The molecule has 4 heterocycles. The maximum Gasteiger partial charge on any atom is 0.416 e. The van der Waals surface area contributed by atoms with Crippen LogP contribution in [-0.4, -0.2) is 36.2 Å². The number of carbonyl (C=O) groups is 2. The molecule has 0 aliphatic carbocycles. The molecule has 32 heavy (non-hydrogen) atoms. The van der Waals surface area contributed by atoms with E-state index < -0.39 is 29.4 Å². The lowest BCUT2D eigenvalue weighted by molar-refractivity contribution is -0.145. The SMILES string of the molecule is Cc1cnc(NC(=O)C(=O)Oc2ccc(-c3cnc4cnccn34)cn2)cc1C(F)(F)F. The highest BCUT2D eigenvalue weighted by Crippen LogP contribution is 2.32. The maximum absolute atomic E-state index is 13.0. The molecule has 0 saturated carbocycles. The maximum atomic E-state index is 13.0. The summed E-state index contributed by atoms with van der Waals surface area (Å²) in [5.41, 5.74) is 0.919. The van der Waals surface area contributed by atoms with Gasteiger partial charge in [0.2, 0.25) is 5.88 Å². The monoisotopic (exact) mass is 442 g/mol. The quantitative estimate of drug-likeness (QED) is 0.383. The van der Waals surface area contributed by atoms with Gasteiger partial charge in [0.1, 0.15) is 5.82 Å². The highest BCUT2D eigenvalue weighted by atomic mass is 19.4. The Morgan fingerprint density at radius 1 is 1.06 bits per heavy atom. The molecule has 9 nitrogen and oxygen atoms in total. The molecule has 4 aromatic heterocycles. The Hall–Kier alpha value is -4.35.